The molecule has 60 heavy (non-hydrogen) atoms. The van der Waals surface area contributed by atoms with Crippen LogP contribution in [0, 0.1) is 0 Å². The van der Waals surface area contributed by atoms with E-state index in [1.165, 1.54) is 116 Å². The van der Waals surface area contributed by atoms with E-state index in [1.54, 1.807) is 0 Å². The number of unbranched alkanes of at least 4 members (excludes halogenated alkanes) is 19. The number of aliphatic carboxylic acids is 1. The van der Waals surface area contributed by atoms with Gasteiger partial charge in [0.25, 0.3) is 0 Å². The minimum atomic E-state index is -0.885. The third-order valence-electron chi connectivity index (χ3n) is 10.6. The first-order chi connectivity index (χ1) is 29.1. The average molecular weight is 843 g/mol. The Bertz CT molecular complexity index is 1170. The SMILES string of the molecule is CCCCC/C=C/C/C=C/C/C=C/C/C=C/CCCC(=O)OC(COCCC(C(=O)O)[N+](C)(C)C)COC(=O)CCCCCCCCC/C=C/CCCCCCCCCC. The van der Waals surface area contributed by atoms with Crippen LogP contribution in [0.2, 0.25) is 0 Å². The van der Waals surface area contributed by atoms with Crippen LogP contribution in [0.5, 0.6) is 0 Å². The summed E-state index contributed by atoms with van der Waals surface area (Å²) < 4.78 is 17.3. The van der Waals surface area contributed by atoms with Crippen molar-refractivity contribution in [3.63, 3.8) is 0 Å². The Kier molecular flexibility index (Phi) is 40.6. The number of carboxylic acids is 1. The molecular formula is C52H92NO7+. The van der Waals surface area contributed by atoms with Crippen molar-refractivity contribution in [1.82, 2.24) is 0 Å². The number of ether oxygens (including phenoxy) is 3. The van der Waals surface area contributed by atoms with Crippen molar-refractivity contribution in [1.29, 1.82) is 0 Å². The van der Waals surface area contributed by atoms with Gasteiger partial charge in [0, 0.05) is 19.3 Å². The Labute approximate surface area is 368 Å². The predicted molar refractivity (Wildman–Crippen MR) is 252 cm³/mol. The maximum absolute atomic E-state index is 12.7. The molecule has 0 rings (SSSR count). The van der Waals surface area contributed by atoms with Gasteiger partial charge < -0.3 is 23.8 Å². The van der Waals surface area contributed by atoms with Gasteiger partial charge in [0.15, 0.2) is 12.1 Å². The number of esters is 2. The number of carboxylic acid groups (broad SMARTS) is 1. The molecule has 0 bridgehead atoms. The molecule has 8 nitrogen and oxygen atoms in total. The molecule has 0 heterocycles. The molecule has 0 saturated heterocycles. The van der Waals surface area contributed by atoms with Gasteiger partial charge in [0.1, 0.15) is 6.61 Å². The molecule has 0 aromatic carbocycles. The van der Waals surface area contributed by atoms with Gasteiger partial charge in [-0.15, -0.1) is 0 Å². The van der Waals surface area contributed by atoms with Gasteiger partial charge in [0.05, 0.1) is 34.4 Å². The minimum absolute atomic E-state index is 0.0364. The van der Waals surface area contributed by atoms with E-state index in [-0.39, 0.29) is 42.7 Å². The van der Waals surface area contributed by atoms with Gasteiger partial charge in [0.2, 0.25) is 0 Å². The van der Waals surface area contributed by atoms with Gasteiger partial charge in [-0.25, -0.2) is 4.79 Å². The highest BCUT2D eigenvalue weighted by Gasteiger charge is 2.31. The standard InChI is InChI=1S/C52H91NO7/c1-6-8-10-12-14-16-18-20-22-24-25-27-28-30-32-34-36-38-40-42-50(54)59-47-48(46-58-45-44-49(52(56)57)53(3,4)5)60-51(55)43-41-39-37-35-33-31-29-26-23-21-19-17-15-13-11-9-7-2/h15,17,21,23-25,29,31,35,37,48-49H,6-14,16,18-20,22,26-28,30,32-34,36,38-47H2,1-5H3/p+1/b17-15+,23-21+,25-24+,31-29+,37-35+. The number of quaternary nitrogens is 1. The second kappa shape index (κ2) is 42.7. The number of carbonyl (C=O) groups excluding carboxylic acids is 2. The first kappa shape index (κ1) is 57.0. The molecule has 2 unspecified atom stereocenters. The van der Waals surface area contributed by atoms with E-state index in [0.717, 1.165) is 44.9 Å². The van der Waals surface area contributed by atoms with E-state index >= 15 is 0 Å². The van der Waals surface area contributed by atoms with E-state index in [0.29, 0.717) is 19.3 Å². The molecule has 0 fully saturated rings. The van der Waals surface area contributed by atoms with E-state index in [9.17, 15) is 19.5 Å². The fourth-order valence-corrected chi connectivity index (χ4v) is 6.84. The summed E-state index contributed by atoms with van der Waals surface area (Å²) in [7, 11) is 5.51. The predicted octanol–water partition coefficient (Wildman–Crippen LogP) is 13.8. The number of hydrogen-bond donors (Lipinski definition) is 1. The molecule has 0 amide bonds. The van der Waals surface area contributed by atoms with Gasteiger partial charge in [-0.2, -0.15) is 0 Å². The number of rotatable bonds is 43. The molecule has 2 atom stereocenters. The molecule has 0 spiro atoms. The van der Waals surface area contributed by atoms with Crippen molar-refractivity contribution in [2.24, 2.45) is 0 Å². The van der Waals surface area contributed by atoms with E-state index in [4.69, 9.17) is 14.2 Å². The molecule has 8 heteroatoms. The molecular weight excluding hydrogens is 751 g/mol. The molecule has 0 aliphatic rings. The Hall–Kier alpha value is -2.97. The van der Waals surface area contributed by atoms with Crippen LogP contribution in [0.3, 0.4) is 0 Å². The number of nitrogens with zero attached hydrogens (tertiary/aromatic N) is 1. The van der Waals surface area contributed by atoms with Crippen molar-refractivity contribution < 1.29 is 38.2 Å². The lowest BCUT2D eigenvalue weighted by Crippen LogP contribution is -2.50. The summed E-state index contributed by atoms with van der Waals surface area (Å²) in [5.41, 5.74) is 0. The first-order valence-electron chi connectivity index (χ1n) is 24.3. The first-order valence-corrected chi connectivity index (χ1v) is 24.3. The highest BCUT2D eigenvalue weighted by atomic mass is 16.6. The van der Waals surface area contributed by atoms with Crippen LogP contribution in [0.25, 0.3) is 0 Å². The second-order valence-corrected chi connectivity index (χ2v) is 17.4. The summed E-state index contributed by atoms with van der Waals surface area (Å²) >= 11 is 0. The number of likely N-dealkylation sites (N-methyl/N-ethyl adjacent to an activating group) is 1. The molecule has 0 aliphatic carbocycles. The minimum Gasteiger partial charge on any atom is -0.477 e. The largest absolute Gasteiger partial charge is 0.477 e. The zero-order valence-electron chi connectivity index (χ0n) is 39.4. The third-order valence-corrected chi connectivity index (χ3v) is 10.6. The van der Waals surface area contributed by atoms with Gasteiger partial charge in [-0.3, -0.25) is 9.59 Å². The molecule has 0 radical (unpaired) electrons. The maximum Gasteiger partial charge on any atom is 0.362 e. The molecule has 0 aromatic rings. The molecule has 1 N–H and O–H groups in total. The molecule has 0 aromatic heterocycles. The normalized spacial score (nSPS) is 13.4. The smallest absolute Gasteiger partial charge is 0.362 e. The van der Waals surface area contributed by atoms with Gasteiger partial charge >= 0.3 is 17.9 Å². The third kappa shape index (κ3) is 40.4. The fraction of sp³-hybridized carbons (Fsp3) is 0.750. The average Bonchev–Trinajstić information content (AvgIpc) is 3.21. The van der Waals surface area contributed by atoms with Crippen molar-refractivity contribution in [2.75, 3.05) is 41.0 Å². The van der Waals surface area contributed by atoms with Crippen LogP contribution in [0.15, 0.2) is 60.8 Å². The van der Waals surface area contributed by atoms with Gasteiger partial charge in [-0.05, 0) is 77.0 Å². The number of carbonyl (C=O) groups is 3. The van der Waals surface area contributed by atoms with Crippen LogP contribution in [0.4, 0.5) is 0 Å². The molecule has 346 valence electrons. The maximum atomic E-state index is 12.7. The quantitative estimate of drug-likeness (QED) is 0.0282. The lowest BCUT2D eigenvalue weighted by atomic mass is 10.1. The number of allylic oxidation sites excluding steroid dienone is 10. The van der Waals surface area contributed by atoms with Crippen molar-refractivity contribution in [2.45, 2.75) is 212 Å². The highest BCUT2D eigenvalue weighted by Crippen LogP contribution is 2.14. The lowest BCUT2D eigenvalue weighted by molar-refractivity contribution is -0.887. The van der Waals surface area contributed by atoms with Gasteiger partial charge in [-0.1, -0.05) is 164 Å². The van der Waals surface area contributed by atoms with Crippen LogP contribution in [-0.2, 0) is 28.6 Å². The molecule has 0 saturated carbocycles. The summed E-state index contributed by atoms with van der Waals surface area (Å²) in [5, 5.41) is 9.64. The Morgan fingerprint density at radius 2 is 0.900 bits per heavy atom. The Morgan fingerprint density at radius 1 is 0.500 bits per heavy atom. The topological polar surface area (TPSA) is 99.1 Å². The highest BCUT2D eigenvalue weighted by molar-refractivity contribution is 5.72. The van der Waals surface area contributed by atoms with E-state index in [1.807, 2.05) is 21.1 Å². The zero-order valence-corrected chi connectivity index (χ0v) is 39.4. The van der Waals surface area contributed by atoms with Crippen molar-refractivity contribution in [3.05, 3.63) is 60.8 Å². The fourth-order valence-electron chi connectivity index (χ4n) is 6.84. The summed E-state index contributed by atoms with van der Waals surface area (Å²) in [4.78, 5) is 37.1. The van der Waals surface area contributed by atoms with Crippen LogP contribution < -0.4 is 0 Å². The van der Waals surface area contributed by atoms with E-state index < -0.39 is 18.1 Å². The Morgan fingerprint density at radius 3 is 1.40 bits per heavy atom. The van der Waals surface area contributed by atoms with Crippen molar-refractivity contribution in [3.8, 4) is 0 Å². The number of hydrogen-bond acceptors (Lipinski definition) is 6. The van der Waals surface area contributed by atoms with Crippen LogP contribution in [0.1, 0.15) is 200 Å². The second-order valence-electron chi connectivity index (χ2n) is 17.4. The van der Waals surface area contributed by atoms with Crippen LogP contribution >= 0.6 is 0 Å². The summed E-state index contributed by atoms with van der Waals surface area (Å²) in [6.45, 7) is 4.65. The monoisotopic (exact) mass is 843 g/mol. The van der Waals surface area contributed by atoms with Crippen LogP contribution in [-0.4, -0.2) is 80.6 Å². The van der Waals surface area contributed by atoms with Crippen molar-refractivity contribution >= 4 is 17.9 Å². The summed E-state index contributed by atoms with van der Waals surface area (Å²) in [6.07, 6.45) is 52.7. The summed E-state index contributed by atoms with van der Waals surface area (Å²) in [6, 6.07) is -0.627. The zero-order chi connectivity index (χ0) is 44.2. The lowest BCUT2D eigenvalue weighted by Gasteiger charge is -2.31. The summed E-state index contributed by atoms with van der Waals surface area (Å²) in [5.74, 6) is -1.55. The van der Waals surface area contributed by atoms with E-state index in [2.05, 4.69) is 74.6 Å². The molecule has 0 aliphatic heterocycles. The Balaban J connectivity index is 4.37.